The van der Waals surface area contributed by atoms with Crippen LogP contribution in [0.1, 0.15) is 17.5 Å². The van der Waals surface area contributed by atoms with Crippen LogP contribution in [-0.2, 0) is 22.3 Å². The maximum absolute atomic E-state index is 13.1. The zero-order valence-electron chi connectivity index (χ0n) is 14.4. The third-order valence-electron chi connectivity index (χ3n) is 4.34. The molecule has 1 saturated heterocycles. The summed E-state index contributed by atoms with van der Waals surface area (Å²) in [5.74, 6) is -0.322. The van der Waals surface area contributed by atoms with E-state index < -0.39 is 29.6 Å². The van der Waals surface area contributed by atoms with Crippen LogP contribution in [-0.4, -0.2) is 25.0 Å². The van der Waals surface area contributed by atoms with Crippen molar-refractivity contribution in [2.45, 2.75) is 25.2 Å². The first-order valence-corrected chi connectivity index (χ1v) is 8.20. The van der Waals surface area contributed by atoms with Crippen LogP contribution in [0.4, 0.5) is 18.9 Å². The van der Waals surface area contributed by atoms with Gasteiger partial charge in [-0.3, -0.25) is 9.59 Å². The molecule has 5 nitrogen and oxygen atoms in total. The number of benzene rings is 2. The van der Waals surface area contributed by atoms with Crippen molar-refractivity contribution in [2.75, 3.05) is 12.0 Å². The van der Waals surface area contributed by atoms with Crippen molar-refractivity contribution in [3.63, 3.8) is 0 Å². The maximum Gasteiger partial charge on any atom is 0.416 e. The van der Waals surface area contributed by atoms with E-state index in [1.165, 1.54) is 25.3 Å². The molecule has 1 aliphatic rings. The van der Waals surface area contributed by atoms with Gasteiger partial charge in [-0.05, 0) is 35.9 Å². The number of hydrogen-bond acceptors (Lipinski definition) is 4. The molecule has 2 amide bonds. The lowest BCUT2D eigenvalue weighted by Crippen LogP contribution is -2.38. The predicted octanol–water partition coefficient (Wildman–Crippen LogP) is 3.14. The molecule has 0 radical (unpaired) electrons. The normalized spacial score (nSPS) is 17.5. The average Bonchev–Trinajstić information content (AvgIpc) is 2.93. The topological polar surface area (TPSA) is 58.6 Å². The summed E-state index contributed by atoms with van der Waals surface area (Å²) in [5.41, 5.74) is -0.347. The van der Waals surface area contributed by atoms with Gasteiger partial charge in [0.05, 0.1) is 30.8 Å². The summed E-state index contributed by atoms with van der Waals surface area (Å²) in [6.07, 6.45) is -4.60. The minimum atomic E-state index is -4.48. The second-order valence-corrected chi connectivity index (χ2v) is 6.06. The Bertz CT molecular complexity index is 850. The number of nitrogens with zero attached hydrogens (tertiary/aromatic N) is 1. The number of methoxy groups -OCH3 is 1. The van der Waals surface area contributed by atoms with Gasteiger partial charge in [0.2, 0.25) is 5.91 Å². The summed E-state index contributed by atoms with van der Waals surface area (Å²) >= 11 is 0. The Morgan fingerprint density at radius 2 is 1.78 bits per heavy atom. The molecular weight excluding hydrogens is 361 g/mol. The van der Waals surface area contributed by atoms with E-state index in [9.17, 15) is 22.8 Å². The molecule has 1 N–H and O–H groups in total. The van der Waals surface area contributed by atoms with Crippen molar-refractivity contribution in [2.24, 2.45) is 0 Å². The van der Waals surface area contributed by atoms with E-state index in [1.807, 2.05) is 0 Å². The predicted molar refractivity (Wildman–Crippen MR) is 92.2 cm³/mol. The second kappa shape index (κ2) is 7.40. The third kappa shape index (κ3) is 3.95. The van der Waals surface area contributed by atoms with Crippen molar-refractivity contribution in [1.82, 2.24) is 5.32 Å². The van der Waals surface area contributed by atoms with E-state index in [0.717, 1.165) is 11.0 Å². The Morgan fingerprint density at radius 3 is 2.41 bits per heavy atom. The smallest absolute Gasteiger partial charge is 0.416 e. The van der Waals surface area contributed by atoms with Gasteiger partial charge in [0, 0.05) is 6.54 Å². The number of rotatable bonds is 5. The average molecular weight is 378 g/mol. The molecule has 27 heavy (non-hydrogen) atoms. The van der Waals surface area contributed by atoms with Gasteiger partial charge < -0.3 is 10.1 Å². The first kappa shape index (κ1) is 18.9. The molecule has 0 aliphatic carbocycles. The number of nitrogens with one attached hydrogen (secondary N) is 1. The van der Waals surface area contributed by atoms with Crippen LogP contribution < -0.4 is 15.0 Å². The molecule has 3 rings (SSSR count). The van der Waals surface area contributed by atoms with Gasteiger partial charge in [0.25, 0.3) is 5.91 Å². The van der Waals surface area contributed by atoms with Gasteiger partial charge in [-0.15, -0.1) is 0 Å². The fourth-order valence-electron chi connectivity index (χ4n) is 2.98. The molecule has 2 aromatic rings. The lowest BCUT2D eigenvalue weighted by atomic mass is 10.1. The fourth-order valence-corrected chi connectivity index (χ4v) is 2.98. The standard InChI is InChI=1S/C19H17F3N2O3/c1-27-14-8-6-13(7-9-14)24-17(25)10-16(18(24)26)23-11-12-4-2-3-5-15(12)19(20,21)22/h2-9,16,23H,10-11H2,1H3. The van der Waals surface area contributed by atoms with Gasteiger partial charge in [-0.25, -0.2) is 4.90 Å². The highest BCUT2D eigenvalue weighted by molar-refractivity contribution is 6.22. The van der Waals surface area contributed by atoms with Crippen LogP contribution in [0.2, 0.25) is 0 Å². The van der Waals surface area contributed by atoms with Crippen molar-refractivity contribution in [3.8, 4) is 5.75 Å². The van der Waals surface area contributed by atoms with Crippen molar-refractivity contribution in [3.05, 3.63) is 59.7 Å². The number of anilines is 1. The summed E-state index contributed by atoms with van der Waals surface area (Å²) in [7, 11) is 1.50. The monoisotopic (exact) mass is 378 g/mol. The zero-order chi connectivity index (χ0) is 19.6. The molecule has 0 spiro atoms. The van der Waals surface area contributed by atoms with Crippen LogP contribution in [0, 0.1) is 0 Å². The summed E-state index contributed by atoms with van der Waals surface area (Å²) in [5, 5.41) is 2.78. The number of amides is 2. The molecule has 0 aromatic heterocycles. The SMILES string of the molecule is COc1ccc(N2C(=O)CC(NCc3ccccc3C(F)(F)F)C2=O)cc1. The Balaban J connectivity index is 1.73. The highest BCUT2D eigenvalue weighted by atomic mass is 19.4. The summed E-state index contributed by atoms with van der Waals surface area (Å²) in [6, 6.07) is 10.7. The Labute approximate surface area is 153 Å². The molecule has 8 heteroatoms. The van der Waals surface area contributed by atoms with Gasteiger partial charge in [0.1, 0.15) is 5.75 Å². The quantitative estimate of drug-likeness (QED) is 0.813. The summed E-state index contributed by atoms with van der Waals surface area (Å²) < 4.78 is 44.2. The molecule has 1 heterocycles. The summed E-state index contributed by atoms with van der Waals surface area (Å²) in [6.45, 7) is -0.171. The molecule has 1 atom stereocenters. The van der Waals surface area contributed by atoms with E-state index in [0.29, 0.717) is 11.4 Å². The Morgan fingerprint density at radius 1 is 1.11 bits per heavy atom. The molecule has 2 aromatic carbocycles. The minimum absolute atomic E-state index is 0.0214. The number of hydrogen-bond donors (Lipinski definition) is 1. The van der Waals surface area contributed by atoms with Gasteiger partial charge >= 0.3 is 6.18 Å². The van der Waals surface area contributed by atoms with E-state index >= 15 is 0 Å². The van der Waals surface area contributed by atoms with Gasteiger partial charge in [0.15, 0.2) is 0 Å². The van der Waals surface area contributed by atoms with Crippen LogP contribution >= 0.6 is 0 Å². The molecule has 1 aliphatic heterocycles. The third-order valence-corrected chi connectivity index (χ3v) is 4.34. The first-order valence-electron chi connectivity index (χ1n) is 8.20. The molecule has 0 bridgehead atoms. The largest absolute Gasteiger partial charge is 0.497 e. The molecule has 142 valence electrons. The second-order valence-electron chi connectivity index (χ2n) is 6.06. The van der Waals surface area contributed by atoms with Crippen molar-refractivity contribution < 1.29 is 27.5 Å². The Kier molecular flexibility index (Phi) is 5.18. The van der Waals surface area contributed by atoms with Crippen LogP contribution in [0.15, 0.2) is 48.5 Å². The fraction of sp³-hybridized carbons (Fsp3) is 0.263. The highest BCUT2D eigenvalue weighted by Gasteiger charge is 2.40. The maximum atomic E-state index is 13.1. The van der Waals surface area contributed by atoms with Gasteiger partial charge in [-0.2, -0.15) is 13.2 Å². The van der Waals surface area contributed by atoms with Crippen molar-refractivity contribution in [1.29, 1.82) is 0 Å². The number of imide groups is 1. The minimum Gasteiger partial charge on any atom is -0.497 e. The van der Waals surface area contributed by atoms with E-state index in [-0.39, 0.29) is 18.5 Å². The molecular formula is C19H17F3N2O3. The first-order chi connectivity index (χ1) is 12.8. The van der Waals surface area contributed by atoms with E-state index in [4.69, 9.17) is 4.74 Å². The molecule has 0 saturated carbocycles. The summed E-state index contributed by atoms with van der Waals surface area (Å²) in [4.78, 5) is 25.8. The van der Waals surface area contributed by atoms with Gasteiger partial charge in [-0.1, -0.05) is 18.2 Å². The van der Waals surface area contributed by atoms with E-state index in [1.54, 1.807) is 24.3 Å². The number of carbonyl (C=O) groups excluding carboxylic acids is 2. The van der Waals surface area contributed by atoms with Crippen molar-refractivity contribution >= 4 is 17.5 Å². The van der Waals surface area contributed by atoms with Crippen LogP contribution in [0.5, 0.6) is 5.75 Å². The lowest BCUT2D eigenvalue weighted by Gasteiger charge is -2.17. The molecule has 1 unspecified atom stereocenters. The van der Waals surface area contributed by atoms with Crippen LogP contribution in [0.3, 0.4) is 0 Å². The zero-order valence-corrected chi connectivity index (χ0v) is 14.4. The van der Waals surface area contributed by atoms with Crippen LogP contribution in [0.25, 0.3) is 0 Å². The number of alkyl halides is 3. The Hall–Kier alpha value is -2.87. The molecule has 1 fully saturated rings. The lowest BCUT2D eigenvalue weighted by molar-refractivity contribution is -0.138. The van der Waals surface area contributed by atoms with E-state index in [2.05, 4.69) is 5.32 Å². The number of halogens is 3. The number of carbonyl (C=O) groups is 2. The highest BCUT2D eigenvalue weighted by Crippen LogP contribution is 2.32. The number of ether oxygens (including phenoxy) is 1.